The van der Waals surface area contributed by atoms with Crippen LogP contribution in [0.15, 0.2) is 55.3 Å². The van der Waals surface area contributed by atoms with Gasteiger partial charge in [0.2, 0.25) is 11.9 Å². The summed E-state index contributed by atoms with van der Waals surface area (Å²) in [7, 11) is 0. The molecule has 1 atom stereocenters. The van der Waals surface area contributed by atoms with Crippen molar-refractivity contribution >= 4 is 40.4 Å². The molecule has 10 heteroatoms. The van der Waals surface area contributed by atoms with Crippen molar-refractivity contribution in [3.63, 3.8) is 0 Å². The monoisotopic (exact) mass is 448 g/mol. The van der Waals surface area contributed by atoms with Crippen LogP contribution in [0.4, 0.5) is 38.9 Å². The first kappa shape index (κ1) is 20.7. The molecule has 3 heterocycles. The highest BCUT2D eigenvalue weighted by Gasteiger charge is 2.23. The van der Waals surface area contributed by atoms with Crippen molar-refractivity contribution in [2.24, 2.45) is 0 Å². The van der Waals surface area contributed by atoms with Crippen molar-refractivity contribution in [3.8, 4) is 5.75 Å². The Kier molecular flexibility index (Phi) is 5.27. The Morgan fingerprint density at radius 3 is 2.91 bits per heavy atom. The van der Waals surface area contributed by atoms with Gasteiger partial charge in [-0.1, -0.05) is 6.58 Å². The van der Waals surface area contributed by atoms with Crippen molar-refractivity contribution < 1.29 is 19.0 Å². The number of benzene rings is 2. The van der Waals surface area contributed by atoms with Gasteiger partial charge in [-0.05, 0) is 48.0 Å². The number of hydrogen-bond donors (Lipinski definition) is 4. The molecular weight excluding hydrogens is 427 g/mol. The molecule has 0 aliphatic carbocycles. The minimum absolute atomic E-state index is 0.00488. The van der Waals surface area contributed by atoms with Gasteiger partial charge in [0.25, 0.3) is 0 Å². The van der Waals surface area contributed by atoms with Crippen LogP contribution in [0, 0.1) is 5.82 Å². The van der Waals surface area contributed by atoms with E-state index in [2.05, 4.69) is 32.5 Å². The van der Waals surface area contributed by atoms with Gasteiger partial charge in [-0.2, -0.15) is 4.98 Å². The maximum absolute atomic E-state index is 14.4. The number of aromatic nitrogens is 2. The standard InChI is InChI=1S/C23H21FN6O3/c1-2-21(32)30-7-8-33-19-6-4-15(11-18(19)30)27-23-25-12-16(24)22(29-23)26-14-3-5-17-13(9-14)10-20(31)28-17/h2-6,9,11-12,21,32H,1,7-8,10H2,(H,28,31)(H2,25,26,27,29). The number of carbonyl (C=O) groups excluding carboxylic acids is 1. The fraction of sp³-hybridized carbons (Fsp3) is 0.174. The SMILES string of the molecule is C=CC(O)N1CCOc2ccc(Nc3ncc(F)c(Nc4ccc5c(c4)CC(=O)N5)n3)cc21. The number of nitrogens with zero attached hydrogens (tertiary/aromatic N) is 3. The summed E-state index contributed by atoms with van der Waals surface area (Å²) in [4.78, 5) is 21.6. The van der Waals surface area contributed by atoms with E-state index in [0.717, 1.165) is 17.4 Å². The molecule has 1 amide bonds. The zero-order valence-corrected chi connectivity index (χ0v) is 17.5. The fourth-order valence-corrected chi connectivity index (χ4v) is 3.81. The van der Waals surface area contributed by atoms with Crippen LogP contribution in [0.1, 0.15) is 5.56 Å². The lowest BCUT2D eigenvalue weighted by Crippen LogP contribution is -2.39. The molecule has 2 aliphatic heterocycles. The van der Waals surface area contributed by atoms with Crippen molar-refractivity contribution in [3.05, 3.63) is 66.6 Å². The summed E-state index contributed by atoms with van der Waals surface area (Å²) >= 11 is 0. The van der Waals surface area contributed by atoms with Gasteiger partial charge in [0, 0.05) is 17.1 Å². The van der Waals surface area contributed by atoms with Crippen molar-refractivity contribution in [1.82, 2.24) is 9.97 Å². The Labute approximate surface area is 188 Å². The van der Waals surface area contributed by atoms with Crippen LogP contribution in [0.2, 0.25) is 0 Å². The largest absolute Gasteiger partial charge is 0.490 e. The number of nitrogens with one attached hydrogen (secondary N) is 3. The van der Waals surface area contributed by atoms with Gasteiger partial charge in [0.1, 0.15) is 18.6 Å². The van der Waals surface area contributed by atoms with E-state index in [0.29, 0.717) is 36.0 Å². The van der Waals surface area contributed by atoms with Crippen LogP contribution in [0.3, 0.4) is 0 Å². The van der Waals surface area contributed by atoms with Crippen LogP contribution in [0.5, 0.6) is 5.75 Å². The highest BCUT2D eigenvalue weighted by Crippen LogP contribution is 2.36. The summed E-state index contributed by atoms with van der Waals surface area (Å²) in [6.07, 6.45) is 1.95. The lowest BCUT2D eigenvalue weighted by Gasteiger charge is -2.33. The first-order chi connectivity index (χ1) is 16.0. The second-order valence-corrected chi connectivity index (χ2v) is 7.61. The molecule has 33 heavy (non-hydrogen) atoms. The van der Waals surface area contributed by atoms with E-state index in [4.69, 9.17) is 4.74 Å². The van der Waals surface area contributed by atoms with Gasteiger partial charge in [-0.25, -0.2) is 9.37 Å². The third-order valence-corrected chi connectivity index (χ3v) is 5.38. The van der Waals surface area contributed by atoms with E-state index in [9.17, 15) is 14.3 Å². The van der Waals surface area contributed by atoms with Crippen LogP contribution in [-0.4, -0.2) is 40.4 Å². The molecule has 0 spiro atoms. The number of halogens is 1. The second-order valence-electron chi connectivity index (χ2n) is 7.61. The normalized spacial score (nSPS) is 15.1. The number of fused-ring (bicyclic) bond motifs is 2. The first-order valence-electron chi connectivity index (χ1n) is 10.3. The lowest BCUT2D eigenvalue weighted by molar-refractivity contribution is -0.115. The highest BCUT2D eigenvalue weighted by atomic mass is 19.1. The molecule has 0 radical (unpaired) electrons. The Hall–Kier alpha value is -4.18. The second kappa shape index (κ2) is 8.40. The van der Waals surface area contributed by atoms with Crippen molar-refractivity contribution in [2.75, 3.05) is 34.0 Å². The Bertz CT molecular complexity index is 1250. The van der Waals surface area contributed by atoms with Crippen molar-refractivity contribution in [1.29, 1.82) is 0 Å². The van der Waals surface area contributed by atoms with Crippen LogP contribution in [-0.2, 0) is 11.2 Å². The lowest BCUT2D eigenvalue weighted by atomic mass is 10.1. The number of amides is 1. The van der Waals surface area contributed by atoms with E-state index in [1.165, 1.54) is 6.08 Å². The predicted molar refractivity (Wildman–Crippen MR) is 123 cm³/mol. The molecule has 1 unspecified atom stereocenters. The van der Waals surface area contributed by atoms with Gasteiger partial charge in [-0.3, -0.25) is 4.79 Å². The number of ether oxygens (including phenoxy) is 1. The maximum Gasteiger partial charge on any atom is 0.229 e. The summed E-state index contributed by atoms with van der Waals surface area (Å²) < 4.78 is 20.1. The zero-order chi connectivity index (χ0) is 22.9. The van der Waals surface area contributed by atoms with E-state index < -0.39 is 12.0 Å². The van der Waals surface area contributed by atoms with E-state index in [1.54, 1.807) is 41.3 Å². The van der Waals surface area contributed by atoms with Crippen molar-refractivity contribution in [2.45, 2.75) is 12.6 Å². The number of aliphatic hydroxyl groups is 1. The number of hydrogen-bond acceptors (Lipinski definition) is 8. The fourth-order valence-electron chi connectivity index (χ4n) is 3.81. The van der Waals surface area contributed by atoms with Gasteiger partial charge >= 0.3 is 0 Å². The van der Waals surface area contributed by atoms with Gasteiger partial charge in [0.15, 0.2) is 11.6 Å². The summed E-state index contributed by atoms with van der Waals surface area (Å²) in [6.45, 7) is 4.60. The average molecular weight is 448 g/mol. The maximum atomic E-state index is 14.4. The van der Waals surface area contributed by atoms with Crippen LogP contribution >= 0.6 is 0 Å². The number of aliphatic hydroxyl groups excluding tert-OH is 1. The predicted octanol–water partition coefficient (Wildman–Crippen LogP) is 3.30. The molecule has 2 aromatic carbocycles. The van der Waals surface area contributed by atoms with Gasteiger partial charge < -0.3 is 30.7 Å². The Morgan fingerprint density at radius 1 is 1.24 bits per heavy atom. The van der Waals surface area contributed by atoms with Crippen LogP contribution in [0.25, 0.3) is 0 Å². The number of carbonyl (C=O) groups is 1. The molecule has 2 aliphatic rings. The topological polar surface area (TPSA) is 112 Å². The summed E-state index contributed by atoms with van der Waals surface area (Å²) in [5.74, 6) is 0.129. The minimum atomic E-state index is -0.849. The van der Waals surface area contributed by atoms with E-state index in [-0.39, 0.29) is 24.1 Å². The highest BCUT2D eigenvalue weighted by molar-refractivity contribution is 5.99. The summed E-state index contributed by atoms with van der Waals surface area (Å²) in [5, 5.41) is 19.0. The Morgan fingerprint density at radius 2 is 2.06 bits per heavy atom. The van der Waals surface area contributed by atoms with E-state index in [1.807, 2.05) is 0 Å². The molecule has 0 saturated heterocycles. The molecule has 4 N–H and O–H groups in total. The third-order valence-electron chi connectivity index (χ3n) is 5.38. The quantitative estimate of drug-likeness (QED) is 0.425. The molecule has 3 aromatic rings. The molecule has 0 bridgehead atoms. The zero-order valence-electron chi connectivity index (χ0n) is 17.5. The molecule has 168 valence electrons. The Balaban J connectivity index is 1.37. The molecule has 0 saturated carbocycles. The average Bonchev–Trinajstić information content (AvgIpc) is 3.19. The smallest absolute Gasteiger partial charge is 0.229 e. The number of rotatable bonds is 6. The molecule has 9 nitrogen and oxygen atoms in total. The number of anilines is 6. The van der Waals surface area contributed by atoms with E-state index >= 15 is 0 Å². The van der Waals surface area contributed by atoms with Gasteiger partial charge in [-0.15, -0.1) is 0 Å². The molecule has 0 fully saturated rings. The molecular formula is C23H21FN6O3. The first-order valence-corrected chi connectivity index (χ1v) is 10.3. The molecule has 1 aromatic heterocycles. The third kappa shape index (κ3) is 4.15. The summed E-state index contributed by atoms with van der Waals surface area (Å²) in [5.41, 5.74) is 3.53. The molecule has 5 rings (SSSR count). The van der Waals surface area contributed by atoms with Gasteiger partial charge in [0.05, 0.1) is 24.8 Å². The summed E-state index contributed by atoms with van der Waals surface area (Å²) in [6, 6.07) is 10.6. The minimum Gasteiger partial charge on any atom is -0.490 e. The van der Waals surface area contributed by atoms with Crippen LogP contribution < -0.4 is 25.6 Å².